The molecule has 0 radical (unpaired) electrons. The molecule has 0 atom stereocenters. The Morgan fingerprint density at radius 3 is 2.82 bits per heavy atom. The number of rotatable bonds is 6. The SMILES string of the molecule is O=C(CCn1c(=O)oc2cc(Cl)ccc21)Nc1nnc(Cc2ccccc2)s1. The zero-order valence-corrected chi connectivity index (χ0v) is 16.2. The number of hydrogen-bond acceptors (Lipinski definition) is 6. The molecular formula is C19H15ClN4O3S. The highest BCUT2D eigenvalue weighted by atomic mass is 35.5. The fraction of sp³-hybridized carbons (Fsp3) is 0.158. The number of hydrogen-bond donors (Lipinski definition) is 1. The van der Waals surface area contributed by atoms with Gasteiger partial charge in [-0.3, -0.25) is 9.36 Å². The van der Waals surface area contributed by atoms with E-state index in [1.54, 1.807) is 18.2 Å². The molecule has 0 unspecified atom stereocenters. The lowest BCUT2D eigenvalue weighted by Gasteiger charge is -2.02. The van der Waals surface area contributed by atoms with E-state index in [2.05, 4.69) is 15.5 Å². The summed E-state index contributed by atoms with van der Waals surface area (Å²) < 4.78 is 6.57. The van der Waals surface area contributed by atoms with Crippen LogP contribution < -0.4 is 11.1 Å². The van der Waals surface area contributed by atoms with Gasteiger partial charge in [0.1, 0.15) is 5.01 Å². The van der Waals surface area contributed by atoms with E-state index in [-0.39, 0.29) is 18.9 Å². The topological polar surface area (TPSA) is 90.0 Å². The fourth-order valence-corrected chi connectivity index (χ4v) is 3.75. The molecule has 7 nitrogen and oxygen atoms in total. The molecule has 0 saturated heterocycles. The number of halogens is 1. The third-order valence-corrected chi connectivity index (χ3v) is 5.18. The van der Waals surface area contributed by atoms with Gasteiger partial charge in [-0.15, -0.1) is 10.2 Å². The average Bonchev–Trinajstić information content (AvgIpc) is 3.23. The summed E-state index contributed by atoms with van der Waals surface area (Å²) in [6.07, 6.45) is 0.762. The number of oxazole rings is 1. The lowest BCUT2D eigenvalue weighted by molar-refractivity contribution is -0.116. The molecule has 0 spiro atoms. The summed E-state index contributed by atoms with van der Waals surface area (Å²) in [6, 6.07) is 14.9. The summed E-state index contributed by atoms with van der Waals surface area (Å²) in [5, 5.41) is 12.6. The molecule has 142 valence electrons. The van der Waals surface area contributed by atoms with E-state index in [1.807, 2.05) is 30.3 Å². The van der Waals surface area contributed by atoms with Crippen molar-refractivity contribution < 1.29 is 9.21 Å². The van der Waals surface area contributed by atoms with Crippen LogP contribution in [0, 0.1) is 0 Å². The van der Waals surface area contributed by atoms with Gasteiger partial charge in [0.05, 0.1) is 5.52 Å². The van der Waals surface area contributed by atoms with Gasteiger partial charge >= 0.3 is 5.76 Å². The monoisotopic (exact) mass is 414 g/mol. The maximum atomic E-state index is 12.2. The second kappa shape index (κ2) is 7.95. The van der Waals surface area contributed by atoms with Crippen molar-refractivity contribution in [2.75, 3.05) is 5.32 Å². The maximum absolute atomic E-state index is 12.2. The van der Waals surface area contributed by atoms with Gasteiger partial charge in [0, 0.05) is 30.5 Å². The number of amides is 1. The van der Waals surface area contributed by atoms with Crippen molar-refractivity contribution in [3.63, 3.8) is 0 Å². The predicted octanol–water partition coefficient (Wildman–Crippen LogP) is 3.72. The minimum Gasteiger partial charge on any atom is -0.408 e. The lowest BCUT2D eigenvalue weighted by atomic mass is 10.2. The standard InChI is InChI=1S/C19H15ClN4O3S/c20-13-6-7-14-15(11-13)27-19(26)24(14)9-8-16(25)21-18-23-22-17(28-18)10-12-4-2-1-3-5-12/h1-7,11H,8-10H2,(H,21,23,25). The number of fused-ring (bicyclic) bond motifs is 1. The third-order valence-electron chi connectivity index (χ3n) is 4.10. The summed E-state index contributed by atoms with van der Waals surface area (Å²) in [5.41, 5.74) is 2.12. The van der Waals surface area contributed by atoms with Crippen LogP contribution in [0.25, 0.3) is 11.1 Å². The Morgan fingerprint density at radius 1 is 1.18 bits per heavy atom. The van der Waals surface area contributed by atoms with Gasteiger partial charge in [-0.25, -0.2) is 4.79 Å². The van der Waals surface area contributed by atoms with Crippen molar-refractivity contribution in [3.8, 4) is 0 Å². The van der Waals surface area contributed by atoms with Crippen molar-refractivity contribution in [2.45, 2.75) is 19.4 Å². The largest absolute Gasteiger partial charge is 0.419 e. The zero-order chi connectivity index (χ0) is 19.5. The van der Waals surface area contributed by atoms with E-state index in [0.29, 0.717) is 27.7 Å². The van der Waals surface area contributed by atoms with Crippen LogP contribution in [0.2, 0.25) is 5.02 Å². The quantitative estimate of drug-likeness (QED) is 0.519. The predicted molar refractivity (Wildman–Crippen MR) is 108 cm³/mol. The number of benzene rings is 2. The Labute approximate surface area is 168 Å². The molecule has 1 N–H and O–H groups in total. The molecule has 0 aliphatic carbocycles. The van der Waals surface area contributed by atoms with E-state index in [9.17, 15) is 9.59 Å². The summed E-state index contributed by atoms with van der Waals surface area (Å²) in [4.78, 5) is 24.2. The number of nitrogens with zero attached hydrogens (tertiary/aromatic N) is 3. The first-order chi connectivity index (χ1) is 13.6. The molecule has 4 aromatic rings. The minimum atomic E-state index is -0.522. The van der Waals surface area contributed by atoms with Crippen molar-refractivity contribution in [2.24, 2.45) is 0 Å². The second-order valence-corrected chi connectivity index (χ2v) is 7.59. The molecule has 2 aromatic heterocycles. The summed E-state index contributed by atoms with van der Waals surface area (Å²) in [5.74, 6) is -0.774. The fourth-order valence-electron chi connectivity index (χ4n) is 2.79. The zero-order valence-electron chi connectivity index (χ0n) is 14.6. The first-order valence-electron chi connectivity index (χ1n) is 8.53. The summed E-state index contributed by atoms with van der Waals surface area (Å²) >= 11 is 7.23. The van der Waals surface area contributed by atoms with Crippen molar-refractivity contribution in [1.82, 2.24) is 14.8 Å². The van der Waals surface area contributed by atoms with Crippen LogP contribution in [0.4, 0.5) is 5.13 Å². The summed E-state index contributed by atoms with van der Waals surface area (Å²) in [6.45, 7) is 0.189. The van der Waals surface area contributed by atoms with E-state index in [0.717, 1.165) is 10.6 Å². The molecule has 0 bridgehead atoms. The number of carbonyl (C=O) groups excluding carboxylic acids is 1. The molecule has 28 heavy (non-hydrogen) atoms. The molecule has 9 heteroatoms. The van der Waals surface area contributed by atoms with Gasteiger partial charge in [0.25, 0.3) is 0 Å². The molecule has 2 heterocycles. The minimum absolute atomic E-state index is 0.102. The lowest BCUT2D eigenvalue weighted by Crippen LogP contribution is -2.19. The average molecular weight is 415 g/mol. The van der Waals surface area contributed by atoms with Gasteiger partial charge in [-0.1, -0.05) is 53.3 Å². The van der Waals surface area contributed by atoms with Crippen LogP contribution in [-0.2, 0) is 17.8 Å². The Balaban J connectivity index is 1.38. The normalized spacial score (nSPS) is 11.0. The van der Waals surface area contributed by atoms with E-state index in [1.165, 1.54) is 15.9 Å². The number of carbonyl (C=O) groups is 1. The van der Waals surface area contributed by atoms with Crippen molar-refractivity contribution >= 4 is 45.1 Å². The van der Waals surface area contributed by atoms with Crippen LogP contribution in [0.15, 0.2) is 57.7 Å². The highest BCUT2D eigenvalue weighted by Crippen LogP contribution is 2.20. The smallest absolute Gasteiger partial charge is 0.408 e. The van der Waals surface area contributed by atoms with Crippen LogP contribution in [0.5, 0.6) is 0 Å². The van der Waals surface area contributed by atoms with Gasteiger partial charge < -0.3 is 9.73 Å². The number of nitrogens with one attached hydrogen (secondary N) is 1. The molecule has 0 aliphatic rings. The molecule has 2 aromatic carbocycles. The van der Waals surface area contributed by atoms with Crippen LogP contribution in [-0.4, -0.2) is 20.7 Å². The van der Waals surface area contributed by atoms with Crippen LogP contribution in [0.3, 0.4) is 0 Å². The number of anilines is 1. The third kappa shape index (κ3) is 4.13. The molecule has 0 aliphatic heterocycles. The van der Waals surface area contributed by atoms with Crippen LogP contribution in [0.1, 0.15) is 17.0 Å². The maximum Gasteiger partial charge on any atom is 0.419 e. The number of aromatic nitrogens is 3. The van der Waals surface area contributed by atoms with Gasteiger partial charge in [-0.05, 0) is 17.7 Å². The van der Waals surface area contributed by atoms with Gasteiger partial charge in [0.15, 0.2) is 5.58 Å². The molecule has 0 fully saturated rings. The van der Waals surface area contributed by atoms with E-state index in [4.69, 9.17) is 16.0 Å². The highest BCUT2D eigenvalue weighted by Gasteiger charge is 2.13. The summed E-state index contributed by atoms with van der Waals surface area (Å²) in [7, 11) is 0. The second-order valence-electron chi connectivity index (χ2n) is 6.09. The first kappa shape index (κ1) is 18.4. The first-order valence-corrected chi connectivity index (χ1v) is 9.73. The van der Waals surface area contributed by atoms with E-state index >= 15 is 0 Å². The van der Waals surface area contributed by atoms with Crippen molar-refractivity contribution in [1.29, 1.82) is 0 Å². The Morgan fingerprint density at radius 2 is 2.00 bits per heavy atom. The van der Waals surface area contributed by atoms with E-state index < -0.39 is 5.76 Å². The Hall–Kier alpha value is -2.97. The molecular weight excluding hydrogens is 400 g/mol. The van der Waals surface area contributed by atoms with Gasteiger partial charge in [0.2, 0.25) is 11.0 Å². The van der Waals surface area contributed by atoms with Crippen LogP contribution >= 0.6 is 22.9 Å². The number of aryl methyl sites for hydroxylation is 1. The van der Waals surface area contributed by atoms with Crippen molar-refractivity contribution in [3.05, 3.63) is 74.7 Å². The van der Waals surface area contributed by atoms with Gasteiger partial charge in [-0.2, -0.15) is 0 Å². The molecule has 1 amide bonds. The Bertz CT molecular complexity index is 1180. The highest BCUT2D eigenvalue weighted by molar-refractivity contribution is 7.15. The Kier molecular flexibility index (Phi) is 5.23. The molecule has 0 saturated carbocycles. The molecule has 4 rings (SSSR count).